The first-order valence-corrected chi connectivity index (χ1v) is 7.84. The number of nitrogens with zero attached hydrogens (tertiary/aromatic N) is 2. The fourth-order valence-electron chi connectivity index (χ4n) is 1.85. The Morgan fingerprint density at radius 3 is 2.43 bits per heavy atom. The second kappa shape index (κ2) is 6.55. The Morgan fingerprint density at radius 2 is 1.81 bits per heavy atom. The normalized spacial score (nSPS) is 10.2. The monoisotopic (exact) mass is 382 g/mol. The summed E-state index contributed by atoms with van der Waals surface area (Å²) in [6, 6.07) is 8.24. The average molecular weight is 383 g/mol. The van der Waals surface area contributed by atoms with Gasteiger partial charge in [0.15, 0.2) is 10.3 Å². The number of aryl methyl sites for hydroxylation is 2. The van der Waals surface area contributed by atoms with Gasteiger partial charge in [-0.1, -0.05) is 29.0 Å². The molecule has 0 fully saturated rings. The number of benzene rings is 1. The summed E-state index contributed by atoms with van der Waals surface area (Å²) in [6.45, 7) is 4.02. The molecule has 0 aliphatic rings. The van der Waals surface area contributed by atoms with Gasteiger partial charge in [-0.05, 0) is 26.0 Å². The molecule has 4 nitrogen and oxygen atoms in total. The quantitative estimate of drug-likeness (QED) is 0.683. The van der Waals surface area contributed by atoms with Crippen LogP contribution in [0.25, 0.3) is 10.6 Å². The highest BCUT2D eigenvalue weighted by Gasteiger charge is 2.11. The van der Waals surface area contributed by atoms with E-state index in [9.17, 15) is 0 Å². The van der Waals surface area contributed by atoms with Crippen molar-refractivity contribution in [1.29, 1.82) is 0 Å². The highest BCUT2D eigenvalue weighted by molar-refractivity contribution is 8.93. The van der Waals surface area contributed by atoms with E-state index in [1.165, 1.54) is 16.9 Å². The second-order valence-corrected chi connectivity index (χ2v) is 6.38. The van der Waals surface area contributed by atoms with Crippen LogP contribution in [0.1, 0.15) is 11.3 Å². The van der Waals surface area contributed by atoms with Crippen LogP contribution in [-0.4, -0.2) is 9.97 Å². The third-order valence-electron chi connectivity index (χ3n) is 2.85. The molecule has 0 amide bonds. The highest BCUT2D eigenvalue weighted by atomic mass is 79.9. The van der Waals surface area contributed by atoms with Crippen LogP contribution in [0.4, 0.5) is 16.0 Å². The summed E-state index contributed by atoms with van der Waals surface area (Å²) in [7, 11) is 0. The standard InChI is InChI=1S/C14H14N4S2.BrH/c1-8-3-5-10(6-4-8)17-14-18-11(7-19-14)12-9(2)16-13(15)20-12;/h3-7H,1-2H3,(H2,15,16)(H,17,18);1H. The molecule has 110 valence electrons. The number of nitrogens with one attached hydrogen (secondary N) is 1. The molecule has 2 aromatic heterocycles. The van der Waals surface area contributed by atoms with Crippen LogP contribution in [0.3, 0.4) is 0 Å². The van der Waals surface area contributed by atoms with E-state index in [0.717, 1.165) is 27.1 Å². The minimum atomic E-state index is 0. The highest BCUT2D eigenvalue weighted by Crippen LogP contribution is 2.33. The summed E-state index contributed by atoms with van der Waals surface area (Å²) in [5, 5.41) is 6.78. The van der Waals surface area contributed by atoms with Crippen LogP contribution in [0.5, 0.6) is 0 Å². The molecule has 0 aliphatic heterocycles. The lowest BCUT2D eigenvalue weighted by molar-refractivity contribution is 1.26. The number of hydrogen-bond donors (Lipinski definition) is 2. The van der Waals surface area contributed by atoms with E-state index in [2.05, 4.69) is 34.3 Å². The minimum Gasteiger partial charge on any atom is -0.375 e. The summed E-state index contributed by atoms with van der Waals surface area (Å²) >= 11 is 3.05. The van der Waals surface area contributed by atoms with Crippen molar-refractivity contribution in [3.63, 3.8) is 0 Å². The molecule has 0 saturated heterocycles. The predicted octanol–water partition coefficient (Wildman–Crippen LogP) is 4.79. The Labute approximate surface area is 141 Å². The topological polar surface area (TPSA) is 63.8 Å². The van der Waals surface area contributed by atoms with Crippen molar-refractivity contribution in [3.8, 4) is 10.6 Å². The van der Waals surface area contributed by atoms with Crippen LogP contribution in [0.2, 0.25) is 0 Å². The van der Waals surface area contributed by atoms with Crippen molar-refractivity contribution in [3.05, 3.63) is 40.9 Å². The minimum absolute atomic E-state index is 0. The number of anilines is 3. The molecule has 3 N–H and O–H groups in total. The molecular formula is C14H15BrN4S2. The smallest absolute Gasteiger partial charge is 0.187 e. The zero-order chi connectivity index (χ0) is 14.1. The predicted molar refractivity (Wildman–Crippen MR) is 97.2 cm³/mol. The van der Waals surface area contributed by atoms with Gasteiger partial charge in [-0.2, -0.15) is 0 Å². The molecule has 0 bridgehead atoms. The van der Waals surface area contributed by atoms with Crippen LogP contribution in [0.15, 0.2) is 29.6 Å². The van der Waals surface area contributed by atoms with Gasteiger partial charge in [0.05, 0.1) is 16.3 Å². The van der Waals surface area contributed by atoms with Gasteiger partial charge in [0, 0.05) is 11.1 Å². The number of nitrogens with two attached hydrogens (primary N) is 1. The third-order valence-corrected chi connectivity index (χ3v) is 4.62. The van der Waals surface area contributed by atoms with Gasteiger partial charge in [-0.15, -0.1) is 28.3 Å². The number of hydrogen-bond acceptors (Lipinski definition) is 6. The molecule has 7 heteroatoms. The van der Waals surface area contributed by atoms with Crippen LogP contribution < -0.4 is 11.1 Å². The van der Waals surface area contributed by atoms with Crippen LogP contribution >= 0.6 is 39.7 Å². The van der Waals surface area contributed by atoms with Crippen LogP contribution in [-0.2, 0) is 0 Å². The van der Waals surface area contributed by atoms with E-state index in [1.54, 1.807) is 11.3 Å². The fourth-order valence-corrected chi connectivity index (χ4v) is 3.44. The van der Waals surface area contributed by atoms with Crippen molar-refractivity contribution < 1.29 is 0 Å². The molecule has 0 spiro atoms. The molecule has 0 aliphatic carbocycles. The molecule has 21 heavy (non-hydrogen) atoms. The first-order chi connectivity index (χ1) is 9.61. The van der Waals surface area contributed by atoms with Crippen molar-refractivity contribution in [2.75, 3.05) is 11.1 Å². The van der Waals surface area contributed by atoms with E-state index in [1.807, 2.05) is 24.4 Å². The fraction of sp³-hybridized carbons (Fsp3) is 0.143. The Morgan fingerprint density at radius 1 is 1.10 bits per heavy atom. The number of thiazole rings is 2. The maximum atomic E-state index is 5.73. The second-order valence-electron chi connectivity index (χ2n) is 4.50. The molecule has 1 aromatic carbocycles. The Bertz CT molecular complexity index is 734. The molecule has 2 heterocycles. The number of halogens is 1. The van der Waals surface area contributed by atoms with Crippen LogP contribution in [0, 0.1) is 13.8 Å². The van der Waals surface area contributed by atoms with E-state index in [4.69, 9.17) is 5.73 Å². The summed E-state index contributed by atoms with van der Waals surface area (Å²) in [6.07, 6.45) is 0. The maximum Gasteiger partial charge on any atom is 0.187 e. The van der Waals surface area contributed by atoms with Gasteiger partial charge in [-0.25, -0.2) is 9.97 Å². The number of aromatic nitrogens is 2. The van der Waals surface area contributed by atoms with Crippen molar-refractivity contribution >= 4 is 55.6 Å². The molecule has 0 unspecified atom stereocenters. The zero-order valence-corrected chi connectivity index (χ0v) is 14.9. The number of nitrogen functional groups attached to an aromatic ring is 1. The summed E-state index contributed by atoms with van der Waals surface area (Å²) in [5.74, 6) is 0. The molecule has 3 rings (SSSR count). The summed E-state index contributed by atoms with van der Waals surface area (Å²) in [5.41, 5.74) is 9.87. The third kappa shape index (κ3) is 3.61. The summed E-state index contributed by atoms with van der Waals surface area (Å²) < 4.78 is 0. The average Bonchev–Trinajstić information content (AvgIpc) is 2.99. The molecule has 3 aromatic rings. The van der Waals surface area contributed by atoms with E-state index in [-0.39, 0.29) is 17.0 Å². The van der Waals surface area contributed by atoms with Gasteiger partial charge in [-0.3, -0.25) is 0 Å². The Kier molecular flexibility index (Phi) is 4.97. The van der Waals surface area contributed by atoms with Gasteiger partial charge in [0.25, 0.3) is 0 Å². The molecule has 0 radical (unpaired) electrons. The van der Waals surface area contributed by atoms with Crippen molar-refractivity contribution in [2.45, 2.75) is 13.8 Å². The van der Waals surface area contributed by atoms with Gasteiger partial charge < -0.3 is 11.1 Å². The lowest BCUT2D eigenvalue weighted by Gasteiger charge is -2.02. The maximum absolute atomic E-state index is 5.73. The molecule has 0 atom stereocenters. The van der Waals surface area contributed by atoms with Gasteiger partial charge in [0.2, 0.25) is 0 Å². The summed E-state index contributed by atoms with van der Waals surface area (Å²) in [4.78, 5) is 9.86. The first-order valence-electron chi connectivity index (χ1n) is 6.14. The lowest BCUT2D eigenvalue weighted by Crippen LogP contribution is -1.89. The first kappa shape index (κ1) is 15.9. The van der Waals surface area contributed by atoms with Gasteiger partial charge >= 0.3 is 0 Å². The Hall–Kier alpha value is -1.44. The van der Waals surface area contributed by atoms with E-state index >= 15 is 0 Å². The largest absolute Gasteiger partial charge is 0.375 e. The van der Waals surface area contributed by atoms with Gasteiger partial charge in [0.1, 0.15) is 0 Å². The van der Waals surface area contributed by atoms with E-state index < -0.39 is 0 Å². The Balaban J connectivity index is 0.00000161. The lowest BCUT2D eigenvalue weighted by atomic mass is 10.2. The van der Waals surface area contributed by atoms with Crippen molar-refractivity contribution in [2.24, 2.45) is 0 Å². The molecule has 0 saturated carbocycles. The van der Waals surface area contributed by atoms with Crippen molar-refractivity contribution in [1.82, 2.24) is 9.97 Å². The van der Waals surface area contributed by atoms with E-state index in [0.29, 0.717) is 5.13 Å². The SMILES string of the molecule is Br.Cc1ccc(Nc2nc(-c3sc(N)nc3C)cs2)cc1. The molecular weight excluding hydrogens is 368 g/mol. The zero-order valence-electron chi connectivity index (χ0n) is 11.6. The number of rotatable bonds is 3.